The molecule has 2 aromatic rings. The maximum Gasteiger partial charge on any atom is 0.220 e. The minimum atomic E-state index is -0.418. The maximum absolute atomic E-state index is 13.8. The second kappa shape index (κ2) is 7.62. The van der Waals surface area contributed by atoms with Crippen LogP contribution in [-0.2, 0) is 11.2 Å². The first-order valence-corrected chi connectivity index (χ1v) is 8.20. The SMILES string of the molecule is CC(C)C(C)(CN)NC(=O)CCc1ccc(-c2ccccc2F)o1. The average molecular weight is 332 g/mol. The molecule has 1 amide bonds. The number of amides is 1. The molecule has 0 bridgehead atoms. The van der Waals surface area contributed by atoms with E-state index in [9.17, 15) is 9.18 Å². The molecule has 4 nitrogen and oxygen atoms in total. The van der Waals surface area contributed by atoms with Crippen molar-refractivity contribution in [2.45, 2.75) is 39.2 Å². The number of nitrogens with two attached hydrogens (primary N) is 1. The fourth-order valence-electron chi connectivity index (χ4n) is 2.37. The van der Waals surface area contributed by atoms with E-state index in [2.05, 4.69) is 5.32 Å². The van der Waals surface area contributed by atoms with E-state index in [-0.39, 0.29) is 17.6 Å². The minimum Gasteiger partial charge on any atom is -0.461 e. The zero-order valence-electron chi connectivity index (χ0n) is 14.4. The van der Waals surface area contributed by atoms with E-state index < -0.39 is 5.54 Å². The predicted molar refractivity (Wildman–Crippen MR) is 92.9 cm³/mol. The highest BCUT2D eigenvalue weighted by molar-refractivity contribution is 5.77. The zero-order chi connectivity index (χ0) is 17.7. The lowest BCUT2D eigenvalue weighted by molar-refractivity contribution is -0.123. The van der Waals surface area contributed by atoms with Crippen LogP contribution < -0.4 is 11.1 Å². The van der Waals surface area contributed by atoms with Gasteiger partial charge in [-0.2, -0.15) is 0 Å². The number of aryl methyl sites for hydroxylation is 1. The molecule has 1 unspecified atom stereocenters. The molecule has 0 aliphatic heterocycles. The Labute approximate surface area is 142 Å². The van der Waals surface area contributed by atoms with Gasteiger partial charge in [-0.3, -0.25) is 4.79 Å². The molecule has 0 saturated carbocycles. The van der Waals surface area contributed by atoms with Gasteiger partial charge < -0.3 is 15.5 Å². The molecule has 0 saturated heterocycles. The lowest BCUT2D eigenvalue weighted by Crippen LogP contribution is -2.55. The van der Waals surface area contributed by atoms with Crippen molar-refractivity contribution in [3.63, 3.8) is 0 Å². The van der Waals surface area contributed by atoms with Crippen LogP contribution in [0.1, 0.15) is 33.0 Å². The molecule has 0 radical (unpaired) electrons. The normalized spacial score (nSPS) is 13.8. The van der Waals surface area contributed by atoms with Crippen LogP contribution in [0.25, 0.3) is 11.3 Å². The van der Waals surface area contributed by atoms with E-state index in [1.807, 2.05) is 20.8 Å². The molecule has 5 heteroatoms. The van der Waals surface area contributed by atoms with Gasteiger partial charge in [0.2, 0.25) is 5.91 Å². The lowest BCUT2D eigenvalue weighted by Gasteiger charge is -2.33. The Bertz CT molecular complexity index is 696. The smallest absolute Gasteiger partial charge is 0.220 e. The van der Waals surface area contributed by atoms with E-state index in [1.165, 1.54) is 6.07 Å². The summed E-state index contributed by atoms with van der Waals surface area (Å²) in [7, 11) is 0. The molecular formula is C19H25FN2O2. The summed E-state index contributed by atoms with van der Waals surface area (Å²) in [4.78, 5) is 12.2. The van der Waals surface area contributed by atoms with Gasteiger partial charge in [-0.1, -0.05) is 26.0 Å². The number of hydrogen-bond acceptors (Lipinski definition) is 3. The van der Waals surface area contributed by atoms with Gasteiger partial charge >= 0.3 is 0 Å². The fraction of sp³-hybridized carbons (Fsp3) is 0.421. The summed E-state index contributed by atoms with van der Waals surface area (Å²) in [6.07, 6.45) is 0.756. The first-order chi connectivity index (χ1) is 11.4. The van der Waals surface area contributed by atoms with E-state index in [4.69, 9.17) is 10.2 Å². The number of benzene rings is 1. The lowest BCUT2D eigenvalue weighted by atomic mass is 9.88. The molecule has 0 aliphatic carbocycles. The number of halogens is 1. The summed E-state index contributed by atoms with van der Waals surface area (Å²) in [5.41, 5.74) is 5.78. The largest absolute Gasteiger partial charge is 0.461 e. The van der Waals surface area contributed by atoms with Gasteiger partial charge in [-0.15, -0.1) is 0 Å². The highest BCUT2D eigenvalue weighted by Gasteiger charge is 2.28. The first-order valence-electron chi connectivity index (χ1n) is 8.20. The van der Waals surface area contributed by atoms with E-state index >= 15 is 0 Å². The topological polar surface area (TPSA) is 68.3 Å². The summed E-state index contributed by atoms with van der Waals surface area (Å²) in [5, 5.41) is 2.99. The Morgan fingerprint density at radius 3 is 2.62 bits per heavy atom. The molecule has 0 fully saturated rings. The Balaban J connectivity index is 1.96. The quantitative estimate of drug-likeness (QED) is 0.815. The molecular weight excluding hydrogens is 307 g/mol. The summed E-state index contributed by atoms with van der Waals surface area (Å²) in [6.45, 7) is 6.38. The zero-order valence-corrected chi connectivity index (χ0v) is 14.4. The van der Waals surface area contributed by atoms with Crippen LogP contribution in [0.5, 0.6) is 0 Å². The number of rotatable bonds is 7. The van der Waals surface area contributed by atoms with Crippen molar-refractivity contribution >= 4 is 5.91 Å². The van der Waals surface area contributed by atoms with Crippen LogP contribution in [-0.4, -0.2) is 18.0 Å². The third-order valence-electron chi connectivity index (χ3n) is 4.52. The van der Waals surface area contributed by atoms with Crippen molar-refractivity contribution in [2.75, 3.05) is 6.54 Å². The summed E-state index contributed by atoms with van der Waals surface area (Å²) < 4.78 is 19.4. The Kier molecular flexibility index (Phi) is 5.78. The van der Waals surface area contributed by atoms with Gasteiger partial charge in [-0.25, -0.2) is 4.39 Å². The third kappa shape index (κ3) is 4.23. The second-order valence-corrected chi connectivity index (χ2v) is 6.57. The molecule has 24 heavy (non-hydrogen) atoms. The monoisotopic (exact) mass is 332 g/mol. The number of furan rings is 1. The van der Waals surface area contributed by atoms with Gasteiger partial charge in [0, 0.05) is 19.4 Å². The highest BCUT2D eigenvalue weighted by atomic mass is 19.1. The van der Waals surface area contributed by atoms with Gasteiger partial charge in [0.05, 0.1) is 11.1 Å². The van der Waals surface area contributed by atoms with Crippen molar-refractivity contribution in [3.05, 3.63) is 48.0 Å². The van der Waals surface area contributed by atoms with Crippen molar-refractivity contribution in [3.8, 4) is 11.3 Å². The van der Waals surface area contributed by atoms with Crippen molar-refractivity contribution in [2.24, 2.45) is 11.7 Å². The molecule has 3 N–H and O–H groups in total. The molecule has 1 atom stereocenters. The van der Waals surface area contributed by atoms with Gasteiger partial charge in [0.25, 0.3) is 0 Å². The minimum absolute atomic E-state index is 0.0690. The maximum atomic E-state index is 13.8. The van der Waals surface area contributed by atoms with E-state index in [0.717, 1.165) is 0 Å². The van der Waals surface area contributed by atoms with Crippen molar-refractivity contribution < 1.29 is 13.6 Å². The van der Waals surface area contributed by atoms with Crippen LogP contribution in [0.4, 0.5) is 4.39 Å². The summed E-state index contributed by atoms with van der Waals surface area (Å²) in [6, 6.07) is 9.96. The molecule has 1 aromatic carbocycles. The molecule has 130 valence electrons. The second-order valence-electron chi connectivity index (χ2n) is 6.57. The fourth-order valence-corrected chi connectivity index (χ4v) is 2.37. The van der Waals surface area contributed by atoms with E-state index in [0.29, 0.717) is 36.5 Å². The Morgan fingerprint density at radius 1 is 1.29 bits per heavy atom. The van der Waals surface area contributed by atoms with Gasteiger partial charge in [0.15, 0.2) is 0 Å². The van der Waals surface area contributed by atoms with Crippen LogP contribution in [0.15, 0.2) is 40.8 Å². The van der Waals surface area contributed by atoms with Crippen LogP contribution in [0, 0.1) is 11.7 Å². The molecule has 1 aromatic heterocycles. The Morgan fingerprint density at radius 2 is 2.00 bits per heavy atom. The molecule has 0 spiro atoms. The van der Waals surface area contributed by atoms with Crippen molar-refractivity contribution in [1.82, 2.24) is 5.32 Å². The molecule has 2 rings (SSSR count). The molecule has 0 aliphatic rings. The Hall–Kier alpha value is -2.14. The highest BCUT2D eigenvalue weighted by Crippen LogP contribution is 2.25. The number of carbonyl (C=O) groups excluding carboxylic acids is 1. The molecule has 1 heterocycles. The predicted octanol–water partition coefficient (Wildman–Crippen LogP) is 3.51. The van der Waals surface area contributed by atoms with Crippen LogP contribution in [0.3, 0.4) is 0 Å². The van der Waals surface area contributed by atoms with Gasteiger partial charge in [-0.05, 0) is 37.1 Å². The van der Waals surface area contributed by atoms with Gasteiger partial charge in [0.1, 0.15) is 17.3 Å². The standard InChI is InChI=1S/C19H25FN2O2/c1-13(2)19(3,12-21)22-18(23)11-9-14-8-10-17(24-14)15-6-4-5-7-16(15)20/h4-8,10,13H,9,11-12,21H2,1-3H3,(H,22,23). The third-order valence-corrected chi connectivity index (χ3v) is 4.52. The number of hydrogen-bond donors (Lipinski definition) is 2. The average Bonchev–Trinajstić information content (AvgIpc) is 3.01. The number of nitrogens with one attached hydrogen (secondary N) is 1. The summed E-state index contributed by atoms with van der Waals surface area (Å²) in [5.74, 6) is 0.967. The number of carbonyl (C=O) groups is 1. The van der Waals surface area contributed by atoms with E-state index in [1.54, 1.807) is 30.3 Å². The van der Waals surface area contributed by atoms with Crippen LogP contribution >= 0.6 is 0 Å². The van der Waals surface area contributed by atoms with Crippen molar-refractivity contribution in [1.29, 1.82) is 0 Å². The summed E-state index contributed by atoms with van der Waals surface area (Å²) >= 11 is 0. The first kappa shape index (κ1) is 18.2. The van der Waals surface area contributed by atoms with Crippen LogP contribution in [0.2, 0.25) is 0 Å².